The Hall–Kier alpha value is -1.42. The average Bonchev–Trinajstić information content (AvgIpc) is 2.02. The summed E-state index contributed by atoms with van der Waals surface area (Å²) < 4.78 is 0. The summed E-state index contributed by atoms with van der Waals surface area (Å²) in [6.45, 7) is 1.04. The van der Waals surface area contributed by atoms with Crippen LogP contribution in [0.5, 0.6) is 0 Å². The largest absolute Gasteiger partial charge is 0.310 e. The molecule has 4 heteroatoms. The van der Waals surface area contributed by atoms with Crippen LogP contribution < -0.4 is 5.32 Å². The Morgan fingerprint density at radius 1 is 1.38 bits per heavy atom. The number of nitrogens with one attached hydrogen (secondary N) is 1. The van der Waals surface area contributed by atoms with Gasteiger partial charge in [-0.05, 0) is 18.5 Å². The first-order valence-electron chi connectivity index (χ1n) is 4.25. The van der Waals surface area contributed by atoms with E-state index in [2.05, 4.69) is 5.32 Å². The van der Waals surface area contributed by atoms with E-state index in [9.17, 15) is 10.1 Å². The summed E-state index contributed by atoms with van der Waals surface area (Å²) >= 11 is 0. The van der Waals surface area contributed by atoms with Crippen molar-refractivity contribution >= 4 is 5.69 Å². The van der Waals surface area contributed by atoms with E-state index in [4.69, 9.17) is 0 Å². The predicted molar refractivity (Wildman–Crippen MR) is 48.5 cm³/mol. The highest BCUT2D eigenvalue weighted by molar-refractivity contribution is 5.34. The summed E-state index contributed by atoms with van der Waals surface area (Å²) in [5.74, 6) is 0. The van der Waals surface area contributed by atoms with Crippen LogP contribution in [0.25, 0.3) is 0 Å². The zero-order chi connectivity index (χ0) is 9.26. The van der Waals surface area contributed by atoms with E-state index in [0.717, 1.165) is 18.5 Å². The normalized spacial score (nSPS) is 20.8. The number of nitro benzene ring substituents is 1. The van der Waals surface area contributed by atoms with Crippen molar-refractivity contribution in [2.24, 2.45) is 0 Å². The third kappa shape index (κ3) is 1.53. The Bertz CT molecular complexity index is 317. The van der Waals surface area contributed by atoms with E-state index in [1.165, 1.54) is 0 Å². The zero-order valence-electron chi connectivity index (χ0n) is 7.06. The van der Waals surface area contributed by atoms with Crippen molar-refractivity contribution in [1.29, 1.82) is 0 Å². The molecule has 0 saturated carbocycles. The van der Waals surface area contributed by atoms with Gasteiger partial charge in [-0.3, -0.25) is 10.1 Å². The molecular formula is C9H10N2O2. The lowest BCUT2D eigenvalue weighted by atomic mass is 9.98. The highest BCUT2D eigenvalue weighted by atomic mass is 16.6. The van der Waals surface area contributed by atoms with Crippen LogP contribution in [0, 0.1) is 10.1 Å². The summed E-state index contributed by atoms with van der Waals surface area (Å²) in [7, 11) is 0. The molecule has 0 amide bonds. The van der Waals surface area contributed by atoms with Crippen LogP contribution in [0.4, 0.5) is 5.69 Å². The number of hydrogen-bond acceptors (Lipinski definition) is 3. The second-order valence-electron chi connectivity index (χ2n) is 3.14. The smallest absolute Gasteiger partial charge is 0.269 e. The van der Waals surface area contributed by atoms with Crippen molar-refractivity contribution in [1.82, 2.24) is 5.32 Å². The molecule has 4 nitrogen and oxygen atoms in total. The van der Waals surface area contributed by atoms with Gasteiger partial charge in [0.25, 0.3) is 5.69 Å². The van der Waals surface area contributed by atoms with E-state index in [0.29, 0.717) is 6.04 Å². The van der Waals surface area contributed by atoms with E-state index in [1.54, 1.807) is 12.1 Å². The molecule has 1 N–H and O–H groups in total. The first-order chi connectivity index (χ1) is 6.27. The topological polar surface area (TPSA) is 55.2 Å². The molecule has 1 aliphatic rings. The fourth-order valence-electron chi connectivity index (χ4n) is 1.40. The van der Waals surface area contributed by atoms with E-state index < -0.39 is 0 Å². The summed E-state index contributed by atoms with van der Waals surface area (Å²) in [6.07, 6.45) is 1.12. The van der Waals surface area contributed by atoms with E-state index >= 15 is 0 Å². The molecule has 1 heterocycles. The fraction of sp³-hybridized carbons (Fsp3) is 0.333. The molecule has 1 atom stereocenters. The molecule has 1 fully saturated rings. The lowest BCUT2D eigenvalue weighted by Gasteiger charge is -2.27. The number of non-ortho nitro benzene ring substituents is 1. The Kier molecular flexibility index (Phi) is 1.98. The molecule has 68 valence electrons. The molecule has 13 heavy (non-hydrogen) atoms. The quantitative estimate of drug-likeness (QED) is 0.553. The average molecular weight is 178 g/mol. The zero-order valence-corrected chi connectivity index (χ0v) is 7.06. The number of nitrogens with zero attached hydrogens (tertiary/aromatic N) is 1. The second kappa shape index (κ2) is 3.14. The molecular weight excluding hydrogens is 168 g/mol. The maximum Gasteiger partial charge on any atom is 0.269 e. The molecule has 1 aromatic carbocycles. The van der Waals surface area contributed by atoms with E-state index in [-0.39, 0.29) is 10.6 Å². The lowest BCUT2D eigenvalue weighted by Crippen LogP contribution is -2.34. The minimum atomic E-state index is -0.377. The van der Waals surface area contributed by atoms with Gasteiger partial charge in [-0.25, -0.2) is 0 Å². The summed E-state index contributed by atoms with van der Waals surface area (Å²) in [4.78, 5) is 9.98. The second-order valence-corrected chi connectivity index (χ2v) is 3.14. The van der Waals surface area contributed by atoms with Gasteiger partial charge in [0, 0.05) is 18.2 Å². The van der Waals surface area contributed by atoms with Gasteiger partial charge in [0.2, 0.25) is 0 Å². The monoisotopic (exact) mass is 178 g/mol. The standard InChI is InChI=1S/C9H10N2O2/c12-11(13)8-3-1-7(2-4-8)9-5-6-10-9/h1-4,9-10H,5-6H2/t9-/m1/s1. The van der Waals surface area contributed by atoms with Gasteiger partial charge in [0.1, 0.15) is 0 Å². The molecule has 0 aromatic heterocycles. The van der Waals surface area contributed by atoms with Crippen LogP contribution >= 0.6 is 0 Å². The van der Waals surface area contributed by atoms with Crippen molar-refractivity contribution in [3.63, 3.8) is 0 Å². The highest BCUT2D eigenvalue weighted by Crippen LogP contribution is 2.24. The predicted octanol–water partition coefficient (Wildman–Crippen LogP) is 1.63. The SMILES string of the molecule is O=[N+]([O-])c1ccc([C@H]2CCN2)cc1. The van der Waals surface area contributed by atoms with Gasteiger partial charge in [0.05, 0.1) is 4.92 Å². The first kappa shape index (κ1) is 8.19. The molecule has 1 saturated heterocycles. The summed E-state index contributed by atoms with van der Waals surface area (Å²) in [6, 6.07) is 7.13. The van der Waals surface area contributed by atoms with Gasteiger partial charge in [0.15, 0.2) is 0 Å². The Morgan fingerprint density at radius 3 is 2.38 bits per heavy atom. The third-order valence-electron chi connectivity index (χ3n) is 2.33. The summed E-state index contributed by atoms with van der Waals surface area (Å²) in [5, 5.41) is 13.6. The van der Waals surface area contributed by atoms with Crippen molar-refractivity contribution < 1.29 is 4.92 Å². The van der Waals surface area contributed by atoms with Gasteiger partial charge in [-0.1, -0.05) is 12.1 Å². The van der Waals surface area contributed by atoms with Crippen LogP contribution in [-0.2, 0) is 0 Å². The molecule has 0 radical (unpaired) electrons. The molecule has 0 bridgehead atoms. The molecule has 1 aromatic rings. The molecule has 2 rings (SSSR count). The van der Waals surface area contributed by atoms with Gasteiger partial charge < -0.3 is 5.32 Å². The van der Waals surface area contributed by atoms with Crippen LogP contribution in [-0.4, -0.2) is 11.5 Å². The number of benzene rings is 1. The molecule has 0 spiro atoms. The van der Waals surface area contributed by atoms with Crippen LogP contribution in [0.2, 0.25) is 0 Å². The van der Waals surface area contributed by atoms with Crippen molar-refractivity contribution in [3.05, 3.63) is 39.9 Å². The number of nitro groups is 1. The van der Waals surface area contributed by atoms with Crippen molar-refractivity contribution in [2.75, 3.05) is 6.54 Å². The van der Waals surface area contributed by atoms with Gasteiger partial charge >= 0.3 is 0 Å². The fourth-order valence-corrected chi connectivity index (χ4v) is 1.40. The maximum absolute atomic E-state index is 10.4. The minimum Gasteiger partial charge on any atom is -0.310 e. The minimum absolute atomic E-state index is 0.156. The van der Waals surface area contributed by atoms with Crippen LogP contribution in [0.3, 0.4) is 0 Å². The number of rotatable bonds is 2. The molecule has 1 aliphatic heterocycles. The maximum atomic E-state index is 10.4. The Balaban J connectivity index is 2.17. The summed E-state index contributed by atoms with van der Waals surface area (Å²) in [5.41, 5.74) is 1.29. The van der Waals surface area contributed by atoms with Crippen LogP contribution in [0.15, 0.2) is 24.3 Å². The van der Waals surface area contributed by atoms with E-state index in [1.807, 2.05) is 12.1 Å². The third-order valence-corrected chi connectivity index (χ3v) is 2.33. The van der Waals surface area contributed by atoms with Gasteiger partial charge in [-0.2, -0.15) is 0 Å². The number of hydrogen-bond donors (Lipinski definition) is 1. The highest BCUT2D eigenvalue weighted by Gasteiger charge is 2.18. The van der Waals surface area contributed by atoms with Crippen molar-refractivity contribution in [3.8, 4) is 0 Å². The Labute approximate surface area is 75.7 Å². The first-order valence-corrected chi connectivity index (χ1v) is 4.25. The molecule has 0 unspecified atom stereocenters. The van der Waals surface area contributed by atoms with Crippen LogP contribution in [0.1, 0.15) is 18.0 Å². The lowest BCUT2D eigenvalue weighted by molar-refractivity contribution is -0.384. The van der Waals surface area contributed by atoms with Crippen molar-refractivity contribution in [2.45, 2.75) is 12.5 Å². The van der Waals surface area contributed by atoms with Gasteiger partial charge in [-0.15, -0.1) is 0 Å². The molecule has 0 aliphatic carbocycles. The Morgan fingerprint density at radius 2 is 2.00 bits per heavy atom.